The van der Waals surface area contributed by atoms with Crippen molar-refractivity contribution in [3.8, 4) is 5.75 Å². The number of carbonyl (C=O) groups is 1. The van der Waals surface area contributed by atoms with Crippen LogP contribution in [0, 0.1) is 0 Å². The number of carbonyl (C=O) groups excluding carboxylic acids is 1. The maximum absolute atomic E-state index is 10.8. The predicted molar refractivity (Wildman–Crippen MR) is 88.0 cm³/mol. The first kappa shape index (κ1) is 18.3. The Labute approximate surface area is 133 Å². The van der Waals surface area contributed by atoms with Crippen LogP contribution in [-0.2, 0) is 22.0 Å². The number of aliphatic carboxylic acids is 1. The van der Waals surface area contributed by atoms with Crippen molar-refractivity contribution in [3.05, 3.63) is 40.5 Å². The van der Waals surface area contributed by atoms with Gasteiger partial charge in [-0.25, -0.2) is 0 Å². The zero-order valence-electron chi connectivity index (χ0n) is 14.7. The van der Waals surface area contributed by atoms with Crippen molar-refractivity contribution >= 4 is 5.97 Å². The van der Waals surface area contributed by atoms with Gasteiger partial charge in [-0.15, -0.1) is 0 Å². The summed E-state index contributed by atoms with van der Waals surface area (Å²) in [6.07, 6.45) is 2.16. The molecule has 122 valence electrons. The first-order valence-electron chi connectivity index (χ1n) is 7.59. The van der Waals surface area contributed by atoms with Crippen LogP contribution in [0.4, 0.5) is 0 Å². The van der Waals surface area contributed by atoms with Crippen molar-refractivity contribution in [2.24, 2.45) is 0 Å². The highest BCUT2D eigenvalue weighted by Crippen LogP contribution is 2.39. The van der Waals surface area contributed by atoms with Crippen LogP contribution in [-0.4, -0.2) is 11.1 Å². The lowest BCUT2D eigenvalue weighted by molar-refractivity contribution is -0.299. The third-order valence-corrected chi connectivity index (χ3v) is 3.75. The molecule has 1 rings (SSSR count). The zero-order valence-corrected chi connectivity index (χ0v) is 14.7. The average molecular weight is 303 g/mol. The van der Waals surface area contributed by atoms with E-state index in [2.05, 4.69) is 41.5 Å². The quantitative estimate of drug-likeness (QED) is 0.872. The fourth-order valence-corrected chi connectivity index (χ4v) is 2.31. The fourth-order valence-electron chi connectivity index (χ4n) is 2.31. The zero-order chi connectivity index (χ0) is 17.3. The van der Waals surface area contributed by atoms with Gasteiger partial charge in [-0.1, -0.05) is 59.8 Å². The highest BCUT2D eigenvalue weighted by atomic mass is 16.4. The number of benzene rings is 1. The number of hydrogen-bond acceptors (Lipinski definition) is 3. The Morgan fingerprint density at radius 2 is 1.50 bits per heavy atom. The molecule has 0 aliphatic heterocycles. The molecule has 0 unspecified atom stereocenters. The van der Waals surface area contributed by atoms with Crippen LogP contribution >= 0.6 is 0 Å². The summed E-state index contributed by atoms with van der Waals surface area (Å²) in [5, 5.41) is 21.4. The first-order valence-corrected chi connectivity index (χ1v) is 7.59. The number of phenols is 1. The van der Waals surface area contributed by atoms with Crippen LogP contribution < -0.4 is 5.11 Å². The third kappa shape index (κ3) is 4.36. The molecule has 3 heteroatoms. The summed E-state index contributed by atoms with van der Waals surface area (Å²) in [6, 6.07) is 3.92. The van der Waals surface area contributed by atoms with Crippen LogP contribution in [0.15, 0.2) is 23.8 Å². The molecule has 0 aliphatic carbocycles. The summed E-state index contributed by atoms with van der Waals surface area (Å²) < 4.78 is 0. The Bertz CT molecular complexity index is 561. The Hall–Kier alpha value is -1.77. The molecule has 0 saturated carbocycles. The monoisotopic (exact) mass is 303 g/mol. The van der Waals surface area contributed by atoms with Gasteiger partial charge in [0.05, 0.1) is 5.97 Å². The summed E-state index contributed by atoms with van der Waals surface area (Å²) in [7, 11) is 0. The molecule has 1 N–H and O–H groups in total. The minimum absolute atomic E-state index is 0.187. The normalized spacial score (nSPS) is 13.3. The Morgan fingerprint density at radius 1 is 1.09 bits per heavy atom. The lowest BCUT2D eigenvalue weighted by Gasteiger charge is -2.28. The minimum Gasteiger partial charge on any atom is -0.545 e. The van der Waals surface area contributed by atoms with Gasteiger partial charge in [0.15, 0.2) is 0 Å². The van der Waals surface area contributed by atoms with Gasteiger partial charge in [0.2, 0.25) is 0 Å². The SMILES string of the molecule is C/C(=C\Cc1cc(C(C)(C)C)c(O)c(C(C)(C)C)c1)C(=O)[O-]. The van der Waals surface area contributed by atoms with Crippen LogP contribution in [0.5, 0.6) is 5.75 Å². The van der Waals surface area contributed by atoms with Crippen LogP contribution in [0.1, 0.15) is 65.2 Å². The maximum Gasteiger partial charge on any atom is 0.123 e. The maximum atomic E-state index is 10.8. The van der Waals surface area contributed by atoms with Gasteiger partial charge in [0.25, 0.3) is 0 Å². The topological polar surface area (TPSA) is 60.4 Å². The van der Waals surface area contributed by atoms with Crippen LogP contribution in [0.25, 0.3) is 0 Å². The molecule has 0 aliphatic rings. The van der Waals surface area contributed by atoms with Crippen molar-refractivity contribution in [2.45, 2.75) is 65.7 Å². The van der Waals surface area contributed by atoms with Crippen LogP contribution in [0.2, 0.25) is 0 Å². The highest BCUT2D eigenvalue weighted by Gasteiger charge is 2.26. The molecule has 0 fully saturated rings. The summed E-state index contributed by atoms with van der Waals surface area (Å²) in [4.78, 5) is 10.8. The molecule has 0 atom stereocenters. The van der Waals surface area contributed by atoms with E-state index in [1.165, 1.54) is 6.92 Å². The van der Waals surface area contributed by atoms with Gasteiger partial charge < -0.3 is 15.0 Å². The van der Waals surface area contributed by atoms with Crippen molar-refractivity contribution < 1.29 is 15.0 Å². The lowest BCUT2D eigenvalue weighted by atomic mass is 9.78. The number of carboxylic acid groups (broad SMARTS) is 1. The summed E-state index contributed by atoms with van der Waals surface area (Å²) in [5.41, 5.74) is 2.61. The van der Waals surface area contributed by atoms with Gasteiger partial charge in [-0.05, 0) is 46.4 Å². The molecule has 0 radical (unpaired) electrons. The van der Waals surface area contributed by atoms with E-state index in [1.807, 2.05) is 12.1 Å². The van der Waals surface area contributed by atoms with E-state index in [9.17, 15) is 15.0 Å². The largest absolute Gasteiger partial charge is 0.545 e. The molecule has 0 aromatic heterocycles. The number of carboxylic acids is 1. The fraction of sp³-hybridized carbons (Fsp3) is 0.526. The summed E-state index contributed by atoms with van der Waals surface area (Å²) in [6.45, 7) is 13.9. The second-order valence-corrected chi connectivity index (χ2v) is 7.92. The second-order valence-electron chi connectivity index (χ2n) is 7.92. The van der Waals surface area contributed by atoms with E-state index < -0.39 is 5.97 Å². The lowest BCUT2D eigenvalue weighted by Crippen LogP contribution is -2.23. The van der Waals surface area contributed by atoms with Gasteiger partial charge in [-0.3, -0.25) is 0 Å². The van der Waals surface area contributed by atoms with E-state index >= 15 is 0 Å². The smallest absolute Gasteiger partial charge is 0.123 e. The third-order valence-electron chi connectivity index (χ3n) is 3.75. The molecular weight excluding hydrogens is 276 g/mol. The Morgan fingerprint density at radius 3 is 1.82 bits per heavy atom. The van der Waals surface area contributed by atoms with E-state index in [1.54, 1.807) is 6.08 Å². The van der Waals surface area contributed by atoms with Crippen molar-refractivity contribution in [3.63, 3.8) is 0 Å². The number of allylic oxidation sites excluding steroid dienone is 1. The number of rotatable bonds is 3. The summed E-state index contributed by atoms with van der Waals surface area (Å²) >= 11 is 0. The number of phenolic OH excluding ortho intramolecular Hbond substituents is 1. The molecule has 0 heterocycles. The standard InChI is InChI=1S/C19H28O3/c1-12(17(21)22)8-9-13-10-14(18(2,3)4)16(20)15(11-13)19(5,6)7/h8,10-11,20H,9H2,1-7H3,(H,21,22)/p-1/b12-8+. The molecule has 22 heavy (non-hydrogen) atoms. The van der Waals surface area contributed by atoms with Crippen molar-refractivity contribution in [1.29, 1.82) is 0 Å². The average Bonchev–Trinajstić information content (AvgIpc) is 2.33. The summed E-state index contributed by atoms with van der Waals surface area (Å²) in [5.74, 6) is -0.810. The highest BCUT2D eigenvalue weighted by molar-refractivity contribution is 5.83. The molecule has 0 amide bonds. The van der Waals surface area contributed by atoms with Crippen LogP contribution in [0.3, 0.4) is 0 Å². The minimum atomic E-state index is -1.15. The van der Waals surface area contributed by atoms with E-state index in [-0.39, 0.29) is 16.4 Å². The van der Waals surface area contributed by atoms with E-state index in [4.69, 9.17) is 0 Å². The first-order chi connectivity index (χ1) is 9.84. The van der Waals surface area contributed by atoms with E-state index in [0.717, 1.165) is 16.7 Å². The molecule has 1 aromatic carbocycles. The number of aromatic hydroxyl groups is 1. The van der Waals surface area contributed by atoms with Crippen molar-refractivity contribution in [2.75, 3.05) is 0 Å². The van der Waals surface area contributed by atoms with Gasteiger partial charge in [0.1, 0.15) is 5.75 Å². The van der Waals surface area contributed by atoms with Crippen molar-refractivity contribution in [1.82, 2.24) is 0 Å². The van der Waals surface area contributed by atoms with Gasteiger partial charge in [0, 0.05) is 0 Å². The molecular formula is C19H27O3-. The molecule has 3 nitrogen and oxygen atoms in total. The molecule has 0 spiro atoms. The second kappa shape index (κ2) is 6.15. The Balaban J connectivity index is 3.42. The molecule has 0 bridgehead atoms. The number of hydrogen-bond donors (Lipinski definition) is 1. The molecule has 0 saturated heterocycles. The van der Waals surface area contributed by atoms with Gasteiger partial charge in [-0.2, -0.15) is 0 Å². The van der Waals surface area contributed by atoms with Gasteiger partial charge >= 0.3 is 0 Å². The van der Waals surface area contributed by atoms with E-state index in [0.29, 0.717) is 12.2 Å². The predicted octanol–water partition coefficient (Wildman–Crippen LogP) is 3.23. The Kier molecular flexibility index (Phi) is 5.11. The molecule has 1 aromatic rings.